The number of carboxylic acid groups (broad SMARTS) is 1. The summed E-state index contributed by atoms with van der Waals surface area (Å²) in [5.74, 6) is 2.02. The Labute approximate surface area is 383 Å². The number of anilines is 1. The summed E-state index contributed by atoms with van der Waals surface area (Å²) in [6.07, 6.45) is -2.14. The Kier molecular flexibility index (Phi) is 12.0. The molecular weight excluding hydrogens is 859 g/mol. The number of hydrogen-bond donors (Lipinski definition) is 2. The van der Waals surface area contributed by atoms with Gasteiger partial charge < -0.3 is 29.2 Å². The zero-order chi connectivity index (χ0) is 46.8. The topological polar surface area (TPSA) is 195 Å². The van der Waals surface area contributed by atoms with Crippen LogP contribution in [0.2, 0.25) is 0 Å². The standard InChI is InChI=1S/C52H41N3O12/c1-64-39-23-16-32(17-24-39)12-13-33-18-27-42-41(30-33)52(50(60)53(42)51(61)66-31-34-14-21-38(22-15-34)55(62)63)43(48(57)58)45-49(59)67-46(36-10-6-3-7-11-36)44(35-8-4-2-5-9-35)54(45)47(52)37-19-25-40(26-20-37)65-29-28-56/h2-11,14-27,30,43-47,56H,28-29,31H2,1H3,(H,57,58). The lowest BCUT2D eigenvalue weighted by Gasteiger charge is -2.46. The van der Waals surface area contributed by atoms with E-state index in [1.54, 1.807) is 84.8 Å². The van der Waals surface area contributed by atoms with Gasteiger partial charge in [0, 0.05) is 23.3 Å². The highest BCUT2D eigenvalue weighted by Crippen LogP contribution is 2.66. The highest BCUT2D eigenvalue weighted by atomic mass is 16.6. The largest absolute Gasteiger partial charge is 0.497 e. The van der Waals surface area contributed by atoms with Gasteiger partial charge in [0.05, 0.1) is 36.4 Å². The maximum absolute atomic E-state index is 16.1. The molecule has 1 spiro atoms. The lowest BCUT2D eigenvalue weighted by molar-refractivity contribution is -0.384. The number of hydrogen-bond acceptors (Lipinski definition) is 12. The first-order chi connectivity index (χ1) is 32.5. The van der Waals surface area contributed by atoms with E-state index in [-0.39, 0.29) is 30.2 Å². The SMILES string of the molecule is COc1ccc(C#Cc2ccc3c(c2)C2(C(=O)N3C(=O)OCc3ccc([N+](=O)[O-])cc3)C(C(=O)O)C3C(=O)OC(c4ccccc4)C(c4ccccc4)N3C2c2ccc(OCCO)cc2)cc1. The number of cyclic esters (lactones) is 1. The van der Waals surface area contributed by atoms with Crippen LogP contribution in [-0.4, -0.2) is 70.3 Å². The second-order valence-electron chi connectivity index (χ2n) is 16.1. The van der Waals surface area contributed by atoms with Crippen LogP contribution in [0.3, 0.4) is 0 Å². The van der Waals surface area contributed by atoms with Crippen molar-refractivity contribution in [3.05, 3.63) is 201 Å². The number of nitro benzene ring substituents is 1. The number of morpholine rings is 1. The molecule has 67 heavy (non-hydrogen) atoms. The lowest BCUT2D eigenvalue weighted by Crippen LogP contribution is -2.53. The Balaban J connectivity index is 1.28. The predicted octanol–water partition coefficient (Wildman–Crippen LogP) is 7.46. The maximum atomic E-state index is 16.1. The van der Waals surface area contributed by atoms with E-state index in [2.05, 4.69) is 11.8 Å². The van der Waals surface area contributed by atoms with Crippen LogP contribution in [0.1, 0.15) is 57.1 Å². The molecule has 0 saturated carbocycles. The summed E-state index contributed by atoms with van der Waals surface area (Å²) >= 11 is 0. The van der Waals surface area contributed by atoms with Crippen LogP contribution >= 0.6 is 0 Å². The first-order valence-electron chi connectivity index (χ1n) is 21.2. The summed E-state index contributed by atoms with van der Waals surface area (Å²) in [4.78, 5) is 73.2. The zero-order valence-electron chi connectivity index (χ0n) is 35.8. The van der Waals surface area contributed by atoms with Gasteiger partial charge in [0.15, 0.2) is 0 Å². The van der Waals surface area contributed by atoms with Crippen molar-refractivity contribution in [2.75, 3.05) is 25.2 Å². The lowest BCUT2D eigenvalue weighted by atomic mass is 9.65. The molecule has 6 atom stereocenters. The number of rotatable bonds is 11. The van der Waals surface area contributed by atoms with Crippen molar-refractivity contribution in [2.24, 2.45) is 5.92 Å². The summed E-state index contributed by atoms with van der Waals surface area (Å²) in [5.41, 5.74) is 0.757. The molecule has 2 amide bonds. The Morgan fingerprint density at radius 3 is 2.03 bits per heavy atom. The van der Waals surface area contributed by atoms with Gasteiger partial charge in [-0.1, -0.05) is 84.6 Å². The third-order valence-electron chi connectivity index (χ3n) is 12.4. The van der Waals surface area contributed by atoms with Gasteiger partial charge in [-0.2, -0.15) is 0 Å². The van der Waals surface area contributed by atoms with Gasteiger partial charge in [-0.05, 0) is 94.5 Å². The molecule has 15 nitrogen and oxygen atoms in total. The van der Waals surface area contributed by atoms with E-state index in [1.165, 1.54) is 30.3 Å². The first-order valence-corrected chi connectivity index (χ1v) is 21.2. The molecule has 3 aliphatic rings. The van der Waals surface area contributed by atoms with Gasteiger partial charge in [0.2, 0.25) is 5.91 Å². The van der Waals surface area contributed by atoms with Gasteiger partial charge in [0.1, 0.15) is 48.2 Å². The number of ether oxygens (including phenoxy) is 4. The molecule has 9 rings (SSSR count). The minimum absolute atomic E-state index is 0.00811. The molecule has 0 aromatic heterocycles. The summed E-state index contributed by atoms with van der Waals surface area (Å²) in [6, 6.07) is 38.1. The number of methoxy groups -OCH3 is 1. The summed E-state index contributed by atoms with van der Waals surface area (Å²) in [7, 11) is 1.55. The number of nitrogens with zero attached hydrogens (tertiary/aromatic N) is 3. The number of nitro groups is 1. The average Bonchev–Trinajstić information content (AvgIpc) is 3.81. The fourth-order valence-corrected chi connectivity index (χ4v) is 9.60. The van der Waals surface area contributed by atoms with Crippen molar-refractivity contribution in [1.29, 1.82) is 0 Å². The van der Waals surface area contributed by atoms with Gasteiger partial charge >= 0.3 is 18.0 Å². The second-order valence-corrected chi connectivity index (χ2v) is 16.1. The fourth-order valence-electron chi connectivity index (χ4n) is 9.60. The second kappa shape index (κ2) is 18.3. The number of amides is 2. The number of carboxylic acids is 1. The van der Waals surface area contributed by atoms with Crippen LogP contribution in [-0.2, 0) is 35.9 Å². The third kappa shape index (κ3) is 7.88. The molecule has 6 unspecified atom stereocenters. The van der Waals surface area contributed by atoms with E-state index in [4.69, 9.17) is 18.9 Å². The maximum Gasteiger partial charge on any atom is 0.421 e. The minimum atomic E-state index is -2.25. The van der Waals surface area contributed by atoms with Crippen LogP contribution in [0, 0.1) is 27.9 Å². The van der Waals surface area contributed by atoms with Gasteiger partial charge in [0.25, 0.3) is 5.69 Å². The highest BCUT2D eigenvalue weighted by Gasteiger charge is 2.76. The van der Waals surface area contributed by atoms with Gasteiger partial charge in [-0.15, -0.1) is 0 Å². The highest BCUT2D eigenvalue weighted by molar-refractivity contribution is 6.23. The molecule has 6 aromatic carbocycles. The Morgan fingerprint density at radius 1 is 0.776 bits per heavy atom. The molecule has 2 fully saturated rings. The van der Waals surface area contributed by atoms with Crippen molar-refractivity contribution in [3.8, 4) is 23.3 Å². The molecular formula is C52H41N3O12. The van der Waals surface area contributed by atoms with E-state index in [1.807, 2.05) is 48.5 Å². The molecule has 15 heteroatoms. The molecule has 0 aliphatic carbocycles. The number of non-ortho nitro benzene ring substituents is 1. The van der Waals surface area contributed by atoms with Crippen LogP contribution in [0.5, 0.6) is 11.5 Å². The average molecular weight is 900 g/mol. The van der Waals surface area contributed by atoms with Crippen LogP contribution in [0.4, 0.5) is 16.2 Å². The molecule has 336 valence electrons. The Morgan fingerprint density at radius 2 is 1.40 bits per heavy atom. The summed E-state index contributed by atoms with van der Waals surface area (Å²) < 4.78 is 23.1. The van der Waals surface area contributed by atoms with Crippen molar-refractivity contribution >= 4 is 35.3 Å². The third-order valence-corrected chi connectivity index (χ3v) is 12.4. The Bertz CT molecular complexity index is 2920. The van der Waals surface area contributed by atoms with Crippen molar-refractivity contribution in [1.82, 2.24) is 4.90 Å². The monoisotopic (exact) mass is 899 g/mol. The molecule has 0 bridgehead atoms. The minimum Gasteiger partial charge on any atom is -0.497 e. The van der Waals surface area contributed by atoms with Crippen LogP contribution in [0.15, 0.2) is 152 Å². The predicted molar refractivity (Wildman–Crippen MR) is 241 cm³/mol. The van der Waals surface area contributed by atoms with Crippen molar-refractivity contribution in [2.45, 2.75) is 36.3 Å². The number of esters is 1. The van der Waals surface area contributed by atoms with E-state index in [9.17, 15) is 34.7 Å². The number of aliphatic hydroxyl groups excluding tert-OH is 1. The molecule has 3 aliphatic heterocycles. The molecule has 2 saturated heterocycles. The number of benzene rings is 6. The van der Waals surface area contributed by atoms with Crippen molar-refractivity contribution < 1.29 is 53.3 Å². The smallest absolute Gasteiger partial charge is 0.421 e. The summed E-state index contributed by atoms with van der Waals surface area (Å²) in [6.45, 7) is -0.659. The number of carbonyl (C=O) groups is 4. The first kappa shape index (κ1) is 43.9. The number of aliphatic hydroxyl groups is 1. The molecule has 6 aromatic rings. The number of fused-ring (bicyclic) bond motifs is 3. The van der Waals surface area contributed by atoms with E-state index >= 15 is 4.79 Å². The van der Waals surface area contributed by atoms with Crippen LogP contribution in [0.25, 0.3) is 0 Å². The molecule has 0 radical (unpaired) electrons. The number of carbonyl (C=O) groups excluding carboxylic acids is 3. The van der Waals surface area contributed by atoms with E-state index < -0.39 is 71.0 Å². The van der Waals surface area contributed by atoms with Crippen LogP contribution < -0.4 is 14.4 Å². The zero-order valence-corrected chi connectivity index (χ0v) is 35.8. The number of aliphatic carboxylic acids is 1. The normalized spacial score (nSPS) is 21.6. The number of imide groups is 1. The van der Waals surface area contributed by atoms with E-state index in [0.717, 1.165) is 4.90 Å². The molecule has 2 N–H and O–H groups in total. The van der Waals surface area contributed by atoms with Crippen molar-refractivity contribution in [3.63, 3.8) is 0 Å². The Hall–Kier alpha value is -8.32. The van der Waals surface area contributed by atoms with Gasteiger partial charge in [-0.3, -0.25) is 29.4 Å². The fraction of sp³-hybridized carbons (Fsp3) is 0.192. The molecule has 3 heterocycles. The quantitative estimate of drug-likeness (QED) is 0.0564. The summed E-state index contributed by atoms with van der Waals surface area (Å²) in [5, 5.41) is 32.5. The van der Waals surface area contributed by atoms with E-state index in [0.29, 0.717) is 44.9 Å². The van der Waals surface area contributed by atoms with Gasteiger partial charge in [-0.25, -0.2) is 9.69 Å².